The fourth-order valence-electron chi connectivity index (χ4n) is 4.18. The van der Waals surface area contributed by atoms with Crippen LogP contribution in [0, 0.1) is 5.92 Å². The van der Waals surface area contributed by atoms with Gasteiger partial charge in [0, 0.05) is 19.0 Å². The number of nitrogens with zero attached hydrogens (tertiary/aromatic N) is 8. The molecule has 39 heavy (non-hydrogen) atoms. The predicted molar refractivity (Wildman–Crippen MR) is 129 cm³/mol. The fourth-order valence-corrected chi connectivity index (χ4v) is 4.18. The number of hydrogen-bond acceptors (Lipinski definition) is 11. The summed E-state index contributed by atoms with van der Waals surface area (Å²) in [4.78, 5) is 57.4. The van der Waals surface area contributed by atoms with E-state index in [-0.39, 0.29) is 42.8 Å². The Balaban J connectivity index is 1.62. The SMILES string of the molecule is CC[C@H](C)[C@H](NC(=O)O)C(=O)N[C@@H](Cc1nn[nH]n1)C(=O)N1c2ncccc2C[C@H]1C(=O)NCc1nn[nH]n1. The van der Waals surface area contributed by atoms with Crippen LogP contribution in [0.1, 0.15) is 37.5 Å². The first kappa shape index (κ1) is 27.0. The molecular weight excluding hydrogens is 514 g/mol. The third-order valence-corrected chi connectivity index (χ3v) is 6.34. The first-order valence-corrected chi connectivity index (χ1v) is 12.1. The van der Waals surface area contributed by atoms with E-state index in [9.17, 15) is 24.3 Å². The van der Waals surface area contributed by atoms with Crippen molar-refractivity contribution in [3.05, 3.63) is 35.5 Å². The third-order valence-electron chi connectivity index (χ3n) is 6.34. The molecule has 0 unspecified atom stereocenters. The minimum Gasteiger partial charge on any atom is -0.465 e. The molecule has 0 fully saturated rings. The van der Waals surface area contributed by atoms with Crippen LogP contribution >= 0.6 is 0 Å². The summed E-state index contributed by atoms with van der Waals surface area (Å²) in [6, 6.07) is 0.0243. The number of tetrazole rings is 2. The minimum atomic E-state index is -1.38. The molecule has 3 aromatic rings. The second-order valence-electron chi connectivity index (χ2n) is 8.87. The van der Waals surface area contributed by atoms with Crippen molar-refractivity contribution in [1.29, 1.82) is 0 Å². The van der Waals surface area contributed by atoms with Gasteiger partial charge in [-0.1, -0.05) is 36.8 Å². The number of anilines is 1. The maximum Gasteiger partial charge on any atom is 0.405 e. The highest BCUT2D eigenvalue weighted by atomic mass is 16.4. The molecule has 0 aliphatic carbocycles. The second kappa shape index (κ2) is 12.0. The number of aromatic nitrogens is 9. The number of nitrogens with one attached hydrogen (secondary N) is 5. The summed E-state index contributed by atoms with van der Waals surface area (Å²) >= 11 is 0. The lowest BCUT2D eigenvalue weighted by atomic mass is 9.98. The van der Waals surface area contributed by atoms with Crippen LogP contribution in [-0.2, 0) is 33.8 Å². The average molecular weight is 542 g/mol. The predicted octanol–water partition coefficient (Wildman–Crippen LogP) is -1.91. The molecule has 0 radical (unpaired) electrons. The zero-order chi connectivity index (χ0) is 27.9. The molecule has 0 spiro atoms. The molecule has 0 bridgehead atoms. The molecule has 18 nitrogen and oxygen atoms in total. The van der Waals surface area contributed by atoms with E-state index in [0.29, 0.717) is 12.0 Å². The number of carbonyl (C=O) groups is 4. The Labute approximate surface area is 220 Å². The molecule has 3 aromatic heterocycles. The topological polar surface area (TPSA) is 250 Å². The molecule has 0 saturated carbocycles. The number of rotatable bonds is 11. The van der Waals surface area contributed by atoms with Crippen LogP contribution in [0.4, 0.5) is 10.6 Å². The van der Waals surface area contributed by atoms with E-state index < -0.39 is 41.9 Å². The van der Waals surface area contributed by atoms with Crippen molar-refractivity contribution >= 4 is 29.6 Å². The van der Waals surface area contributed by atoms with Gasteiger partial charge in [0.25, 0.3) is 5.91 Å². The van der Waals surface area contributed by atoms with Gasteiger partial charge in [0.1, 0.15) is 23.9 Å². The van der Waals surface area contributed by atoms with E-state index in [4.69, 9.17) is 0 Å². The molecule has 6 N–H and O–H groups in total. The summed E-state index contributed by atoms with van der Waals surface area (Å²) in [6.45, 7) is 3.49. The average Bonchev–Trinajstić information content (AvgIpc) is 3.70. The van der Waals surface area contributed by atoms with Crippen LogP contribution in [0.15, 0.2) is 18.3 Å². The van der Waals surface area contributed by atoms with Gasteiger partial charge in [-0.05, 0) is 17.5 Å². The number of pyridine rings is 1. The zero-order valence-corrected chi connectivity index (χ0v) is 21.0. The molecule has 18 heteroatoms. The van der Waals surface area contributed by atoms with E-state index in [1.807, 2.05) is 0 Å². The van der Waals surface area contributed by atoms with Crippen molar-refractivity contribution < 1.29 is 24.3 Å². The van der Waals surface area contributed by atoms with Crippen molar-refractivity contribution in [2.45, 2.75) is 57.8 Å². The van der Waals surface area contributed by atoms with Crippen molar-refractivity contribution in [1.82, 2.24) is 62.2 Å². The molecule has 4 rings (SSSR count). The number of carboxylic acid groups (broad SMARTS) is 1. The lowest BCUT2D eigenvalue weighted by molar-refractivity contribution is -0.130. The van der Waals surface area contributed by atoms with Crippen LogP contribution in [0.25, 0.3) is 0 Å². The van der Waals surface area contributed by atoms with Crippen molar-refractivity contribution in [2.75, 3.05) is 4.90 Å². The van der Waals surface area contributed by atoms with E-state index in [1.54, 1.807) is 26.0 Å². The first-order chi connectivity index (χ1) is 18.8. The van der Waals surface area contributed by atoms with Crippen LogP contribution in [0.3, 0.4) is 0 Å². The number of hydrogen-bond donors (Lipinski definition) is 6. The maximum absolute atomic E-state index is 14.0. The Hall–Kier alpha value is -5.03. The quantitative estimate of drug-likeness (QED) is 0.156. The minimum absolute atomic E-state index is 0.0297. The van der Waals surface area contributed by atoms with Gasteiger partial charge in [-0.25, -0.2) is 9.78 Å². The van der Waals surface area contributed by atoms with Crippen molar-refractivity contribution in [2.24, 2.45) is 5.92 Å². The summed E-state index contributed by atoms with van der Waals surface area (Å²) in [5.41, 5.74) is 0.653. The molecule has 4 atom stereocenters. The van der Waals surface area contributed by atoms with Gasteiger partial charge in [0.05, 0.1) is 6.54 Å². The van der Waals surface area contributed by atoms with Crippen LogP contribution in [0.5, 0.6) is 0 Å². The third kappa shape index (κ3) is 6.28. The summed E-state index contributed by atoms with van der Waals surface area (Å²) in [5, 5.41) is 43.7. The fraction of sp³-hybridized carbons (Fsp3) is 0.476. The van der Waals surface area contributed by atoms with Crippen molar-refractivity contribution in [3.63, 3.8) is 0 Å². The second-order valence-corrected chi connectivity index (χ2v) is 8.87. The highest BCUT2D eigenvalue weighted by Crippen LogP contribution is 2.31. The lowest BCUT2D eigenvalue weighted by Crippen LogP contribution is -2.59. The smallest absolute Gasteiger partial charge is 0.405 e. The Kier molecular flexibility index (Phi) is 8.32. The number of aromatic amines is 2. The molecule has 0 saturated heterocycles. The van der Waals surface area contributed by atoms with Gasteiger partial charge in [-0.3, -0.25) is 19.3 Å². The van der Waals surface area contributed by atoms with E-state index in [2.05, 4.69) is 62.2 Å². The molecule has 206 valence electrons. The maximum atomic E-state index is 14.0. The van der Waals surface area contributed by atoms with Crippen LogP contribution in [0.2, 0.25) is 0 Å². The number of H-pyrrole nitrogens is 2. The van der Waals surface area contributed by atoms with E-state index >= 15 is 0 Å². The molecular formula is C21H27N13O5. The van der Waals surface area contributed by atoms with Gasteiger partial charge >= 0.3 is 6.09 Å². The lowest BCUT2D eigenvalue weighted by Gasteiger charge is -2.30. The summed E-state index contributed by atoms with van der Waals surface area (Å²) in [5.74, 6) is -1.62. The van der Waals surface area contributed by atoms with Gasteiger partial charge < -0.3 is 21.1 Å². The van der Waals surface area contributed by atoms with E-state index in [1.165, 1.54) is 11.1 Å². The number of carbonyl (C=O) groups excluding carboxylic acids is 3. The van der Waals surface area contributed by atoms with Crippen molar-refractivity contribution in [3.8, 4) is 0 Å². The van der Waals surface area contributed by atoms with Crippen LogP contribution in [-0.4, -0.2) is 93.3 Å². The normalized spacial score (nSPS) is 16.6. The Morgan fingerprint density at radius 1 is 1.13 bits per heavy atom. The largest absolute Gasteiger partial charge is 0.465 e. The standard InChI is InChI=1S/C21H27N13O5/c1-3-10(2)16(25-21(38)39)19(36)24-12(8-14-26-30-31-27-14)20(37)34-13(7-11-5-4-6-22-17(11)34)18(35)23-9-15-28-32-33-29-15/h4-6,10,12-13,16,25H,3,7-9H2,1-2H3,(H,23,35)(H,24,36)(H,38,39)(H,26,27,30,31)(H,28,29,32,33)/t10-,12-,13-,16-/m0/s1. The first-order valence-electron chi connectivity index (χ1n) is 12.1. The Bertz CT molecular complexity index is 1300. The number of fused-ring (bicyclic) bond motifs is 1. The summed E-state index contributed by atoms with van der Waals surface area (Å²) < 4.78 is 0. The molecule has 4 amide bonds. The van der Waals surface area contributed by atoms with Gasteiger partial charge in [0.15, 0.2) is 11.6 Å². The Morgan fingerprint density at radius 2 is 1.85 bits per heavy atom. The number of amides is 4. The zero-order valence-electron chi connectivity index (χ0n) is 21.0. The monoisotopic (exact) mass is 541 g/mol. The van der Waals surface area contributed by atoms with E-state index in [0.717, 1.165) is 0 Å². The molecule has 1 aliphatic heterocycles. The Morgan fingerprint density at radius 3 is 2.49 bits per heavy atom. The highest BCUT2D eigenvalue weighted by molar-refractivity contribution is 6.06. The highest BCUT2D eigenvalue weighted by Gasteiger charge is 2.43. The van der Waals surface area contributed by atoms with Crippen LogP contribution < -0.4 is 20.9 Å². The summed E-state index contributed by atoms with van der Waals surface area (Å²) in [7, 11) is 0. The molecule has 1 aliphatic rings. The molecule has 0 aromatic carbocycles. The van der Waals surface area contributed by atoms with Gasteiger partial charge in [-0.2, -0.15) is 10.4 Å². The molecule has 4 heterocycles. The summed E-state index contributed by atoms with van der Waals surface area (Å²) in [6.07, 6.45) is 0.589. The van der Waals surface area contributed by atoms with Gasteiger partial charge in [0.2, 0.25) is 11.8 Å². The van der Waals surface area contributed by atoms with Gasteiger partial charge in [-0.15, -0.1) is 20.4 Å².